The highest BCUT2D eigenvalue weighted by Gasteiger charge is 2.06. The maximum absolute atomic E-state index is 11.1. The van der Waals surface area contributed by atoms with Crippen molar-refractivity contribution in [3.05, 3.63) is 12.3 Å². The van der Waals surface area contributed by atoms with Gasteiger partial charge in [-0.15, -0.1) is 0 Å². The van der Waals surface area contributed by atoms with Crippen molar-refractivity contribution in [2.24, 2.45) is 0 Å². The number of aromatic nitrogens is 2. The molecule has 0 unspecified atom stereocenters. The number of rotatable bonds is 4. The van der Waals surface area contributed by atoms with Crippen LogP contribution in [0.4, 0.5) is 5.82 Å². The van der Waals surface area contributed by atoms with Crippen LogP contribution >= 0.6 is 0 Å². The molecular weight excluding hydrogens is 182 g/mol. The summed E-state index contributed by atoms with van der Waals surface area (Å²) >= 11 is 0. The van der Waals surface area contributed by atoms with Gasteiger partial charge in [-0.05, 0) is 13.8 Å². The lowest BCUT2D eigenvalue weighted by Gasteiger charge is -1.98. The minimum absolute atomic E-state index is 0.0982. The molecule has 0 bridgehead atoms. The summed E-state index contributed by atoms with van der Waals surface area (Å²) in [6.45, 7) is 4.08. The molecule has 0 aliphatic heterocycles. The van der Waals surface area contributed by atoms with Crippen molar-refractivity contribution in [2.75, 3.05) is 5.32 Å². The fourth-order valence-corrected chi connectivity index (χ4v) is 1.02. The SMILES string of the molecule is CCn1ccc(NC(=O)CC(C)=O)n1. The monoisotopic (exact) mass is 195 g/mol. The van der Waals surface area contributed by atoms with Crippen LogP contribution < -0.4 is 5.32 Å². The third-order valence-electron chi connectivity index (χ3n) is 1.64. The molecule has 1 amide bonds. The quantitative estimate of drug-likeness (QED) is 0.723. The molecule has 5 heteroatoms. The third-order valence-corrected chi connectivity index (χ3v) is 1.64. The maximum atomic E-state index is 11.1. The zero-order chi connectivity index (χ0) is 10.6. The number of anilines is 1. The first kappa shape index (κ1) is 10.4. The summed E-state index contributed by atoms with van der Waals surface area (Å²) in [7, 11) is 0. The summed E-state index contributed by atoms with van der Waals surface area (Å²) in [4.78, 5) is 21.8. The number of amides is 1. The van der Waals surface area contributed by atoms with E-state index in [2.05, 4.69) is 10.4 Å². The van der Waals surface area contributed by atoms with Crippen LogP contribution in [0.15, 0.2) is 12.3 Å². The van der Waals surface area contributed by atoms with Crippen LogP contribution in [0.25, 0.3) is 0 Å². The second-order valence-electron chi connectivity index (χ2n) is 2.98. The molecular formula is C9H13N3O2. The first-order valence-electron chi connectivity index (χ1n) is 4.44. The lowest BCUT2D eigenvalue weighted by molar-refractivity contribution is -0.124. The second kappa shape index (κ2) is 4.55. The van der Waals surface area contributed by atoms with Gasteiger partial charge in [0.1, 0.15) is 5.78 Å². The molecule has 1 N–H and O–H groups in total. The summed E-state index contributed by atoms with van der Waals surface area (Å²) in [5.41, 5.74) is 0. The van der Waals surface area contributed by atoms with Crippen LogP contribution in [0.1, 0.15) is 20.3 Å². The van der Waals surface area contributed by atoms with E-state index in [4.69, 9.17) is 0 Å². The molecule has 0 atom stereocenters. The Hall–Kier alpha value is -1.65. The van der Waals surface area contributed by atoms with Gasteiger partial charge in [0.2, 0.25) is 5.91 Å². The average Bonchev–Trinajstić information content (AvgIpc) is 2.50. The van der Waals surface area contributed by atoms with Gasteiger partial charge in [-0.25, -0.2) is 0 Å². The number of Topliss-reactive ketones (excluding diaryl/α,β-unsaturated/α-hetero) is 1. The van der Waals surface area contributed by atoms with Crippen LogP contribution in [-0.4, -0.2) is 21.5 Å². The van der Waals surface area contributed by atoms with Gasteiger partial charge in [-0.2, -0.15) is 5.10 Å². The van der Waals surface area contributed by atoms with E-state index >= 15 is 0 Å². The molecule has 1 aromatic rings. The highest BCUT2D eigenvalue weighted by Crippen LogP contribution is 2.02. The van der Waals surface area contributed by atoms with E-state index in [1.54, 1.807) is 16.9 Å². The van der Waals surface area contributed by atoms with E-state index < -0.39 is 0 Å². The summed E-state index contributed by atoms with van der Waals surface area (Å²) in [5, 5.41) is 6.59. The number of carbonyl (C=O) groups is 2. The molecule has 1 aromatic heterocycles. The highest BCUT2D eigenvalue weighted by atomic mass is 16.2. The number of ketones is 1. The van der Waals surface area contributed by atoms with E-state index in [0.717, 1.165) is 6.54 Å². The van der Waals surface area contributed by atoms with E-state index in [0.29, 0.717) is 5.82 Å². The number of carbonyl (C=O) groups excluding carboxylic acids is 2. The Kier molecular flexibility index (Phi) is 3.39. The molecule has 0 fully saturated rings. The van der Waals surface area contributed by atoms with Gasteiger partial charge in [0.05, 0.1) is 6.42 Å². The van der Waals surface area contributed by atoms with E-state index in [1.165, 1.54) is 6.92 Å². The lowest BCUT2D eigenvalue weighted by Crippen LogP contribution is -2.15. The number of hydrogen-bond donors (Lipinski definition) is 1. The van der Waals surface area contributed by atoms with Crippen molar-refractivity contribution in [2.45, 2.75) is 26.8 Å². The van der Waals surface area contributed by atoms with Crippen molar-refractivity contribution in [1.29, 1.82) is 0 Å². The largest absolute Gasteiger partial charge is 0.309 e. The normalized spacial score (nSPS) is 9.86. The van der Waals surface area contributed by atoms with E-state index in [-0.39, 0.29) is 18.1 Å². The Morgan fingerprint density at radius 2 is 2.29 bits per heavy atom. The third kappa shape index (κ3) is 3.01. The Balaban J connectivity index is 2.51. The average molecular weight is 195 g/mol. The van der Waals surface area contributed by atoms with Gasteiger partial charge >= 0.3 is 0 Å². The molecule has 1 heterocycles. The van der Waals surface area contributed by atoms with E-state index in [9.17, 15) is 9.59 Å². The van der Waals surface area contributed by atoms with Crippen molar-refractivity contribution in [1.82, 2.24) is 9.78 Å². The zero-order valence-corrected chi connectivity index (χ0v) is 8.28. The first-order chi connectivity index (χ1) is 6.61. The second-order valence-corrected chi connectivity index (χ2v) is 2.98. The van der Waals surface area contributed by atoms with Crippen molar-refractivity contribution < 1.29 is 9.59 Å². The van der Waals surface area contributed by atoms with Crippen molar-refractivity contribution in [3.63, 3.8) is 0 Å². The van der Waals surface area contributed by atoms with Gasteiger partial charge in [-0.1, -0.05) is 0 Å². The number of hydrogen-bond acceptors (Lipinski definition) is 3. The molecule has 14 heavy (non-hydrogen) atoms. The zero-order valence-electron chi connectivity index (χ0n) is 8.28. The predicted octanol–water partition coefficient (Wildman–Crippen LogP) is 0.821. The summed E-state index contributed by atoms with van der Waals surface area (Å²) in [6, 6.07) is 1.70. The Bertz CT molecular complexity index is 344. The Morgan fingerprint density at radius 3 is 2.79 bits per heavy atom. The van der Waals surface area contributed by atoms with Gasteiger partial charge < -0.3 is 5.32 Å². The fourth-order valence-electron chi connectivity index (χ4n) is 1.02. The molecule has 0 aromatic carbocycles. The molecule has 0 spiro atoms. The number of nitrogens with one attached hydrogen (secondary N) is 1. The summed E-state index contributed by atoms with van der Waals surface area (Å²) < 4.78 is 1.70. The minimum atomic E-state index is -0.321. The molecule has 0 aliphatic carbocycles. The topological polar surface area (TPSA) is 64.0 Å². The minimum Gasteiger partial charge on any atom is -0.309 e. The highest BCUT2D eigenvalue weighted by molar-refractivity contribution is 6.03. The lowest BCUT2D eigenvalue weighted by atomic mass is 10.3. The Labute approximate surface area is 82.1 Å². The van der Waals surface area contributed by atoms with Crippen molar-refractivity contribution >= 4 is 17.5 Å². The molecule has 0 aliphatic rings. The number of nitrogens with zero attached hydrogens (tertiary/aromatic N) is 2. The van der Waals surface area contributed by atoms with Crippen molar-refractivity contribution in [3.8, 4) is 0 Å². The van der Waals surface area contributed by atoms with Crippen LogP contribution in [0, 0.1) is 0 Å². The predicted molar refractivity (Wildman–Crippen MR) is 51.8 cm³/mol. The molecule has 1 rings (SSSR count). The van der Waals surface area contributed by atoms with Gasteiger partial charge in [0, 0.05) is 18.8 Å². The molecule has 76 valence electrons. The maximum Gasteiger partial charge on any atom is 0.233 e. The van der Waals surface area contributed by atoms with E-state index in [1.807, 2.05) is 6.92 Å². The molecule has 0 radical (unpaired) electrons. The van der Waals surface area contributed by atoms with Gasteiger partial charge in [0.25, 0.3) is 0 Å². The smallest absolute Gasteiger partial charge is 0.233 e. The number of aryl methyl sites for hydroxylation is 1. The van der Waals surface area contributed by atoms with Gasteiger partial charge in [0.15, 0.2) is 5.82 Å². The van der Waals surface area contributed by atoms with Gasteiger partial charge in [-0.3, -0.25) is 14.3 Å². The van der Waals surface area contributed by atoms with Crippen LogP contribution in [0.2, 0.25) is 0 Å². The molecule has 0 saturated carbocycles. The molecule has 5 nitrogen and oxygen atoms in total. The first-order valence-corrected chi connectivity index (χ1v) is 4.44. The van der Waals surface area contributed by atoms with Crippen LogP contribution in [-0.2, 0) is 16.1 Å². The Morgan fingerprint density at radius 1 is 1.57 bits per heavy atom. The summed E-state index contributed by atoms with van der Waals surface area (Å²) in [6.07, 6.45) is 1.67. The summed E-state index contributed by atoms with van der Waals surface area (Å²) in [5.74, 6) is 0.00868. The fraction of sp³-hybridized carbons (Fsp3) is 0.444. The standard InChI is InChI=1S/C9H13N3O2/c1-3-12-5-4-8(11-12)10-9(14)6-7(2)13/h4-5H,3,6H2,1-2H3,(H,10,11,14). The molecule has 0 saturated heterocycles. The van der Waals surface area contributed by atoms with Crippen LogP contribution in [0.3, 0.4) is 0 Å². The van der Waals surface area contributed by atoms with Crippen LogP contribution in [0.5, 0.6) is 0 Å².